The van der Waals surface area contributed by atoms with Gasteiger partial charge in [0.2, 0.25) is 0 Å². The van der Waals surface area contributed by atoms with Gasteiger partial charge in [-0.3, -0.25) is 5.41 Å². The third-order valence-electron chi connectivity index (χ3n) is 5.54. The Labute approximate surface area is 285 Å². The number of halogens is 7. The second-order valence-electron chi connectivity index (χ2n) is 8.92. The van der Waals surface area contributed by atoms with E-state index < -0.39 is 44.0 Å². The number of carboxylic acid groups (broad SMARTS) is 2. The lowest BCUT2D eigenvalue weighted by atomic mass is 10.2. The minimum absolute atomic E-state index is 0.0842. The number of rotatable bonds is 6. The average Bonchev–Trinajstić information content (AvgIpc) is 3.43. The molecule has 0 radical (unpaired) electrons. The Morgan fingerprint density at radius 3 is 2.06 bits per heavy atom. The van der Waals surface area contributed by atoms with E-state index in [1.165, 1.54) is 41.3 Å². The summed E-state index contributed by atoms with van der Waals surface area (Å²) in [4.78, 5) is 20.4. The number of hydrogen-bond donors (Lipinski definition) is 4. The lowest BCUT2D eigenvalue weighted by Crippen LogP contribution is -2.28. The standard InChI is InChI=1S/C21H21BrN4O4S4.2C2HF3O2/c1-26-8-9-30-17-7-6-15(11-16(17)26)34(28,29)25-33(27,14-5-3-4-13(22)10-14)19-12-18(20(23)24)32-21(19)31-2;2*3-2(4,5)1(6)7/h3-7,10-12H,8-9H2,1-2H3,(H3,23,24);2*(H,6,7). The first kappa shape index (κ1) is 40.6. The first-order valence-corrected chi connectivity index (χ1v) is 18.1. The van der Waals surface area contributed by atoms with Gasteiger partial charge < -0.3 is 25.6 Å². The number of alkyl halides is 6. The third kappa shape index (κ3) is 10.5. The fourth-order valence-corrected chi connectivity index (χ4v) is 10.5. The molecular formula is C25H23BrF6N4O8S4. The summed E-state index contributed by atoms with van der Waals surface area (Å²) in [6.07, 6.45) is -8.38. The molecule has 0 bridgehead atoms. The number of nitrogens with zero attached hydrogens (tertiary/aromatic N) is 2. The van der Waals surface area contributed by atoms with Crippen LogP contribution in [0.4, 0.5) is 32.0 Å². The number of nitrogen functional groups attached to an aromatic ring is 1. The quantitative estimate of drug-likeness (QED) is 0.100. The van der Waals surface area contributed by atoms with Crippen LogP contribution in [-0.4, -0.2) is 79.4 Å². The number of likely N-dealkylation sites (N-methyl/N-ethyl adjacent to an activating group) is 1. The molecular weight excluding hydrogens is 806 g/mol. The lowest BCUT2D eigenvalue weighted by molar-refractivity contribution is -0.193. The number of fused-ring (bicyclic) bond motifs is 1. The van der Waals surface area contributed by atoms with Crippen molar-refractivity contribution in [3.8, 4) is 5.75 Å². The second kappa shape index (κ2) is 15.8. The molecule has 264 valence electrons. The van der Waals surface area contributed by atoms with Gasteiger partial charge in [0.05, 0.1) is 36.0 Å². The van der Waals surface area contributed by atoms with Crippen LogP contribution < -0.4 is 15.4 Å². The SMILES string of the molecule is CSc1sc(C(=N)N)cc1S(=O)(=NS(=O)(=O)c1ccc2c(c1)N(C)CCO2)c1cccc(Br)c1.O=C(O)C(F)(F)F.O=C(O)C(F)(F)F. The van der Waals surface area contributed by atoms with Crippen molar-refractivity contribution in [2.45, 2.75) is 31.2 Å². The number of aliphatic carboxylic acids is 2. The van der Waals surface area contributed by atoms with Crippen LogP contribution in [-0.2, 0) is 29.3 Å². The molecule has 1 aliphatic heterocycles. The predicted octanol–water partition coefficient (Wildman–Crippen LogP) is 5.89. The number of nitrogens with one attached hydrogen (secondary N) is 1. The fourth-order valence-electron chi connectivity index (χ4n) is 3.35. The van der Waals surface area contributed by atoms with Crippen LogP contribution in [0.5, 0.6) is 5.75 Å². The Morgan fingerprint density at radius 1 is 1.02 bits per heavy atom. The molecule has 1 aliphatic rings. The van der Waals surface area contributed by atoms with Crippen LogP contribution >= 0.6 is 39.0 Å². The number of carbonyl (C=O) groups is 2. The number of benzene rings is 2. The third-order valence-corrected chi connectivity index (χ3v) is 12.9. The Hall–Kier alpha value is -3.54. The molecule has 0 saturated carbocycles. The lowest BCUT2D eigenvalue weighted by Gasteiger charge is -2.27. The normalized spacial score (nSPS) is 14.1. The second-order valence-corrected chi connectivity index (χ2v) is 15.9. The number of anilines is 1. The summed E-state index contributed by atoms with van der Waals surface area (Å²) >= 11 is 5.85. The van der Waals surface area contributed by atoms with Crippen molar-refractivity contribution in [2.24, 2.45) is 9.50 Å². The van der Waals surface area contributed by atoms with Gasteiger partial charge in [0.15, 0.2) is 0 Å². The topological polar surface area (TPSA) is 201 Å². The number of sulfonamides is 1. The van der Waals surface area contributed by atoms with E-state index in [-0.39, 0.29) is 20.5 Å². The van der Waals surface area contributed by atoms with E-state index in [2.05, 4.69) is 19.7 Å². The number of carboxylic acids is 2. The molecule has 2 aromatic carbocycles. The molecule has 3 aromatic rings. The molecule has 1 aromatic heterocycles. The highest BCUT2D eigenvalue weighted by molar-refractivity contribution is 9.10. The highest BCUT2D eigenvalue weighted by atomic mass is 79.9. The first-order chi connectivity index (χ1) is 21.9. The van der Waals surface area contributed by atoms with Crippen molar-refractivity contribution in [1.82, 2.24) is 0 Å². The molecule has 5 N–H and O–H groups in total. The summed E-state index contributed by atoms with van der Waals surface area (Å²) in [5, 5.41) is 22.0. The molecule has 0 fully saturated rings. The van der Waals surface area contributed by atoms with Gasteiger partial charge in [0.1, 0.15) is 27.9 Å². The van der Waals surface area contributed by atoms with Crippen LogP contribution in [0, 0.1) is 5.41 Å². The van der Waals surface area contributed by atoms with Gasteiger partial charge in [0.25, 0.3) is 10.0 Å². The summed E-state index contributed by atoms with van der Waals surface area (Å²) < 4.78 is 116. The van der Waals surface area contributed by atoms with Gasteiger partial charge in [-0.1, -0.05) is 25.8 Å². The van der Waals surface area contributed by atoms with Crippen LogP contribution in [0.2, 0.25) is 0 Å². The number of ether oxygens (including phenoxy) is 1. The summed E-state index contributed by atoms with van der Waals surface area (Å²) in [6.45, 7) is 1.12. The van der Waals surface area contributed by atoms with E-state index in [1.54, 1.807) is 36.6 Å². The van der Waals surface area contributed by atoms with Gasteiger partial charge in [0, 0.05) is 11.5 Å². The zero-order valence-corrected chi connectivity index (χ0v) is 29.0. The number of nitrogens with two attached hydrogens (primary N) is 1. The van der Waals surface area contributed by atoms with E-state index in [0.29, 0.717) is 38.1 Å². The Morgan fingerprint density at radius 2 is 1.58 bits per heavy atom. The molecule has 0 aliphatic carbocycles. The average molecular weight is 830 g/mol. The molecule has 4 rings (SSSR count). The molecule has 2 heterocycles. The van der Waals surface area contributed by atoms with Gasteiger partial charge >= 0.3 is 24.3 Å². The highest BCUT2D eigenvalue weighted by Crippen LogP contribution is 2.40. The van der Waals surface area contributed by atoms with Crippen LogP contribution in [0.3, 0.4) is 0 Å². The molecule has 0 spiro atoms. The summed E-state index contributed by atoms with van der Waals surface area (Å²) in [5.41, 5.74) is 6.29. The fraction of sp³-hybridized carbons (Fsp3) is 0.240. The Bertz CT molecular complexity index is 1900. The molecule has 1 unspecified atom stereocenters. The van der Waals surface area contributed by atoms with Crippen molar-refractivity contribution >= 4 is 82.2 Å². The van der Waals surface area contributed by atoms with E-state index in [0.717, 1.165) is 0 Å². The predicted molar refractivity (Wildman–Crippen MR) is 168 cm³/mol. The number of thioether (sulfide) groups is 1. The van der Waals surface area contributed by atoms with Gasteiger partial charge in [-0.05, 0) is 48.7 Å². The van der Waals surface area contributed by atoms with E-state index in [4.69, 9.17) is 35.7 Å². The van der Waals surface area contributed by atoms with E-state index in [9.17, 15) is 39.0 Å². The van der Waals surface area contributed by atoms with E-state index >= 15 is 0 Å². The Kier molecular flexibility index (Phi) is 13.4. The monoisotopic (exact) mass is 828 g/mol. The molecule has 0 amide bonds. The molecule has 48 heavy (non-hydrogen) atoms. The number of amidine groups is 1. The van der Waals surface area contributed by atoms with Gasteiger partial charge in [-0.15, -0.1) is 23.1 Å². The first-order valence-electron chi connectivity index (χ1n) is 12.3. The molecule has 0 saturated heterocycles. The van der Waals surface area contributed by atoms with Crippen LogP contribution in [0.25, 0.3) is 0 Å². The number of thiophene rings is 1. The van der Waals surface area contributed by atoms with Crippen molar-refractivity contribution in [1.29, 1.82) is 5.41 Å². The van der Waals surface area contributed by atoms with Crippen LogP contribution in [0.15, 0.2) is 75.7 Å². The van der Waals surface area contributed by atoms with Crippen molar-refractivity contribution < 1.29 is 63.5 Å². The molecule has 1 atom stereocenters. The largest absolute Gasteiger partial charge is 0.490 e. The van der Waals surface area contributed by atoms with E-state index in [1.807, 2.05) is 11.9 Å². The zero-order valence-electron chi connectivity index (χ0n) is 24.1. The zero-order chi connectivity index (χ0) is 36.8. The van der Waals surface area contributed by atoms with Crippen LogP contribution in [0.1, 0.15) is 4.88 Å². The molecule has 23 heteroatoms. The minimum Gasteiger partial charge on any atom is -0.490 e. The number of hydrogen-bond acceptors (Lipinski definition) is 10. The maximum Gasteiger partial charge on any atom is 0.490 e. The maximum atomic E-state index is 14.6. The van der Waals surface area contributed by atoms with Crippen molar-refractivity contribution in [3.63, 3.8) is 0 Å². The maximum absolute atomic E-state index is 14.6. The smallest absolute Gasteiger partial charge is 0.490 e. The minimum atomic E-state index is -5.08. The van der Waals surface area contributed by atoms with Crippen molar-refractivity contribution in [3.05, 3.63) is 57.9 Å². The summed E-state index contributed by atoms with van der Waals surface area (Å²) in [6, 6.07) is 12.6. The summed E-state index contributed by atoms with van der Waals surface area (Å²) in [5.74, 6) is -5.13. The summed E-state index contributed by atoms with van der Waals surface area (Å²) in [7, 11) is -6.18. The van der Waals surface area contributed by atoms with Gasteiger partial charge in [-0.2, -0.15) is 34.8 Å². The Balaban J connectivity index is 0.000000479. The van der Waals surface area contributed by atoms with Crippen molar-refractivity contribution in [2.75, 3.05) is 31.4 Å². The highest BCUT2D eigenvalue weighted by Gasteiger charge is 2.39. The van der Waals surface area contributed by atoms with Gasteiger partial charge in [-0.25, -0.2) is 13.8 Å². The molecule has 12 nitrogen and oxygen atoms in total.